The molecular weight excluding hydrogens is 224 g/mol. The lowest BCUT2D eigenvalue weighted by molar-refractivity contribution is 0.474. The van der Waals surface area contributed by atoms with E-state index >= 15 is 0 Å². The number of phenolic OH excluding ortho intramolecular Hbond substituents is 1. The van der Waals surface area contributed by atoms with Gasteiger partial charge in [-0.3, -0.25) is 4.99 Å². The highest BCUT2D eigenvalue weighted by Crippen LogP contribution is 2.21. The average molecular weight is 233 g/mol. The standard InChI is InChI=1S/C12H9ClN2O/c13-12-10(5-3-7-14-12)15-8-9-4-1-2-6-11(9)16/h1-8,16H. The molecule has 80 valence electrons. The molecule has 2 rings (SSSR count). The Morgan fingerprint density at radius 1 is 1.19 bits per heavy atom. The van der Waals surface area contributed by atoms with Crippen molar-refractivity contribution in [1.82, 2.24) is 4.98 Å². The van der Waals surface area contributed by atoms with Gasteiger partial charge in [0, 0.05) is 18.0 Å². The number of aromatic hydroxyl groups is 1. The summed E-state index contributed by atoms with van der Waals surface area (Å²) in [6, 6.07) is 10.5. The first-order valence-corrected chi connectivity index (χ1v) is 5.08. The molecule has 0 aliphatic carbocycles. The first-order chi connectivity index (χ1) is 7.77. The molecule has 3 nitrogen and oxygen atoms in total. The van der Waals surface area contributed by atoms with Gasteiger partial charge >= 0.3 is 0 Å². The molecule has 0 aliphatic heterocycles. The Morgan fingerprint density at radius 2 is 2.00 bits per heavy atom. The summed E-state index contributed by atoms with van der Waals surface area (Å²) in [5.74, 6) is 0.186. The summed E-state index contributed by atoms with van der Waals surface area (Å²) < 4.78 is 0. The first kappa shape index (κ1) is 10.6. The van der Waals surface area contributed by atoms with Crippen molar-refractivity contribution in [2.24, 2.45) is 4.99 Å². The van der Waals surface area contributed by atoms with Crippen LogP contribution in [-0.2, 0) is 0 Å². The predicted octanol–water partition coefficient (Wildman–Crippen LogP) is 3.19. The normalized spacial score (nSPS) is 10.8. The second-order valence-electron chi connectivity index (χ2n) is 3.13. The molecule has 0 saturated heterocycles. The molecule has 4 heteroatoms. The molecule has 1 heterocycles. The monoisotopic (exact) mass is 232 g/mol. The average Bonchev–Trinajstić information content (AvgIpc) is 2.30. The number of pyridine rings is 1. The van der Waals surface area contributed by atoms with Crippen LogP contribution in [0.5, 0.6) is 5.75 Å². The van der Waals surface area contributed by atoms with Crippen LogP contribution in [0.25, 0.3) is 0 Å². The molecular formula is C12H9ClN2O. The fraction of sp³-hybridized carbons (Fsp3) is 0. The number of benzene rings is 1. The van der Waals surface area contributed by atoms with Crippen molar-refractivity contribution >= 4 is 23.5 Å². The van der Waals surface area contributed by atoms with E-state index in [4.69, 9.17) is 11.6 Å². The minimum absolute atomic E-state index is 0.186. The van der Waals surface area contributed by atoms with Crippen LogP contribution in [0.15, 0.2) is 47.6 Å². The molecule has 1 aromatic heterocycles. The molecule has 0 aliphatic rings. The minimum atomic E-state index is 0.186. The Morgan fingerprint density at radius 3 is 2.75 bits per heavy atom. The van der Waals surface area contributed by atoms with Gasteiger partial charge in [0.2, 0.25) is 0 Å². The van der Waals surface area contributed by atoms with Gasteiger partial charge in [-0.15, -0.1) is 0 Å². The van der Waals surface area contributed by atoms with Gasteiger partial charge in [-0.2, -0.15) is 0 Å². The van der Waals surface area contributed by atoms with Crippen LogP contribution in [0, 0.1) is 0 Å². The minimum Gasteiger partial charge on any atom is -0.507 e. The van der Waals surface area contributed by atoms with Gasteiger partial charge in [-0.05, 0) is 24.3 Å². The molecule has 16 heavy (non-hydrogen) atoms. The van der Waals surface area contributed by atoms with Crippen LogP contribution in [0.2, 0.25) is 5.15 Å². The maximum Gasteiger partial charge on any atom is 0.154 e. The van der Waals surface area contributed by atoms with Crippen LogP contribution < -0.4 is 0 Å². The quantitative estimate of drug-likeness (QED) is 0.639. The second kappa shape index (κ2) is 4.77. The number of para-hydroxylation sites is 1. The van der Waals surface area contributed by atoms with E-state index in [9.17, 15) is 5.11 Å². The third-order valence-electron chi connectivity index (χ3n) is 2.02. The Bertz CT molecular complexity index is 478. The maximum absolute atomic E-state index is 9.52. The maximum atomic E-state index is 9.52. The molecule has 0 spiro atoms. The molecule has 0 fully saturated rings. The van der Waals surface area contributed by atoms with Gasteiger partial charge in [-0.25, -0.2) is 4.98 Å². The van der Waals surface area contributed by atoms with Gasteiger partial charge in [0.05, 0.1) is 0 Å². The summed E-state index contributed by atoms with van der Waals surface area (Å²) in [5, 5.41) is 9.86. The topological polar surface area (TPSA) is 45.5 Å². The number of rotatable bonds is 2. The molecule has 0 saturated carbocycles. The smallest absolute Gasteiger partial charge is 0.154 e. The van der Waals surface area contributed by atoms with E-state index in [0.717, 1.165) is 0 Å². The molecule has 1 N–H and O–H groups in total. The number of hydrogen-bond donors (Lipinski definition) is 1. The SMILES string of the molecule is Oc1ccccc1C=Nc1cccnc1Cl. The summed E-state index contributed by atoms with van der Waals surface area (Å²) in [6.45, 7) is 0. The Balaban J connectivity index is 2.29. The number of nitrogens with zero attached hydrogens (tertiary/aromatic N) is 2. The molecule has 2 aromatic rings. The number of phenols is 1. The zero-order chi connectivity index (χ0) is 11.4. The molecule has 0 bridgehead atoms. The van der Waals surface area contributed by atoms with Crippen molar-refractivity contribution in [2.45, 2.75) is 0 Å². The van der Waals surface area contributed by atoms with Gasteiger partial charge in [0.15, 0.2) is 5.15 Å². The molecule has 0 atom stereocenters. The number of hydrogen-bond acceptors (Lipinski definition) is 3. The lowest BCUT2D eigenvalue weighted by Crippen LogP contribution is -1.81. The van der Waals surface area contributed by atoms with Crippen molar-refractivity contribution in [3.8, 4) is 5.75 Å². The zero-order valence-corrected chi connectivity index (χ0v) is 9.09. The van der Waals surface area contributed by atoms with E-state index in [2.05, 4.69) is 9.98 Å². The third kappa shape index (κ3) is 2.38. The number of aromatic nitrogens is 1. The fourth-order valence-electron chi connectivity index (χ4n) is 1.21. The van der Waals surface area contributed by atoms with Gasteiger partial charge in [0.1, 0.15) is 11.4 Å². The highest BCUT2D eigenvalue weighted by Gasteiger charge is 1.98. The summed E-state index contributed by atoms with van der Waals surface area (Å²) in [7, 11) is 0. The summed E-state index contributed by atoms with van der Waals surface area (Å²) in [4.78, 5) is 8.06. The highest BCUT2D eigenvalue weighted by molar-refractivity contribution is 6.31. The predicted molar refractivity (Wildman–Crippen MR) is 64.6 cm³/mol. The van der Waals surface area contributed by atoms with Gasteiger partial charge < -0.3 is 5.11 Å². The molecule has 1 aromatic carbocycles. The summed E-state index contributed by atoms with van der Waals surface area (Å²) in [5.41, 5.74) is 1.22. The van der Waals surface area contributed by atoms with Crippen molar-refractivity contribution in [1.29, 1.82) is 0 Å². The van der Waals surface area contributed by atoms with E-state index < -0.39 is 0 Å². The van der Waals surface area contributed by atoms with Crippen molar-refractivity contribution in [2.75, 3.05) is 0 Å². The Labute approximate surface area is 98.1 Å². The van der Waals surface area contributed by atoms with Crippen LogP contribution in [0.1, 0.15) is 5.56 Å². The van der Waals surface area contributed by atoms with Gasteiger partial charge in [0.25, 0.3) is 0 Å². The molecule has 0 unspecified atom stereocenters. The highest BCUT2D eigenvalue weighted by atomic mass is 35.5. The van der Waals surface area contributed by atoms with Crippen LogP contribution >= 0.6 is 11.6 Å². The Kier molecular flexibility index (Phi) is 3.17. The van der Waals surface area contributed by atoms with E-state index in [0.29, 0.717) is 16.4 Å². The summed E-state index contributed by atoms with van der Waals surface area (Å²) >= 11 is 5.84. The fourth-order valence-corrected chi connectivity index (χ4v) is 1.38. The lowest BCUT2D eigenvalue weighted by atomic mass is 10.2. The van der Waals surface area contributed by atoms with Crippen molar-refractivity contribution < 1.29 is 5.11 Å². The Hall–Kier alpha value is -1.87. The second-order valence-corrected chi connectivity index (χ2v) is 3.49. The van der Waals surface area contributed by atoms with E-state index in [1.807, 2.05) is 6.07 Å². The molecule has 0 amide bonds. The van der Waals surface area contributed by atoms with Crippen molar-refractivity contribution in [3.05, 3.63) is 53.3 Å². The van der Waals surface area contributed by atoms with Crippen LogP contribution in [-0.4, -0.2) is 16.3 Å². The largest absolute Gasteiger partial charge is 0.507 e. The molecule has 0 radical (unpaired) electrons. The van der Waals surface area contributed by atoms with E-state index in [-0.39, 0.29) is 5.75 Å². The lowest BCUT2D eigenvalue weighted by Gasteiger charge is -1.98. The van der Waals surface area contributed by atoms with Gasteiger partial charge in [-0.1, -0.05) is 23.7 Å². The number of halogens is 1. The first-order valence-electron chi connectivity index (χ1n) is 4.70. The third-order valence-corrected chi connectivity index (χ3v) is 2.31. The summed E-state index contributed by atoms with van der Waals surface area (Å²) in [6.07, 6.45) is 3.15. The zero-order valence-electron chi connectivity index (χ0n) is 8.34. The van der Waals surface area contributed by atoms with E-state index in [1.165, 1.54) is 0 Å². The van der Waals surface area contributed by atoms with Crippen molar-refractivity contribution in [3.63, 3.8) is 0 Å². The van der Waals surface area contributed by atoms with Crippen LogP contribution in [0.4, 0.5) is 5.69 Å². The number of aliphatic imine (C=N–C) groups is 1. The van der Waals surface area contributed by atoms with Crippen LogP contribution in [0.3, 0.4) is 0 Å². The van der Waals surface area contributed by atoms with E-state index in [1.54, 1.807) is 42.7 Å².